The third kappa shape index (κ3) is 2.91. The second-order valence-corrected chi connectivity index (χ2v) is 4.72. The van der Waals surface area contributed by atoms with Crippen molar-refractivity contribution < 1.29 is 5.11 Å². The molecule has 0 spiro atoms. The van der Waals surface area contributed by atoms with Gasteiger partial charge in [0.25, 0.3) is 0 Å². The van der Waals surface area contributed by atoms with Gasteiger partial charge >= 0.3 is 0 Å². The summed E-state index contributed by atoms with van der Waals surface area (Å²) in [4.78, 5) is 5.27. The molecule has 0 amide bonds. The first kappa shape index (κ1) is 11.3. The lowest BCUT2D eigenvalue weighted by molar-refractivity contribution is 0.191. The van der Waals surface area contributed by atoms with Gasteiger partial charge in [0.15, 0.2) is 0 Å². The number of nitrogens with zero attached hydrogens (tertiary/aromatic N) is 2. The number of hydrogen-bond acceptors (Lipinski definition) is 4. The first-order chi connectivity index (χ1) is 7.75. The van der Waals surface area contributed by atoms with Gasteiger partial charge in [-0.2, -0.15) is 0 Å². The molecule has 1 atom stereocenters. The van der Waals surface area contributed by atoms with Gasteiger partial charge in [0, 0.05) is 35.7 Å². The highest BCUT2D eigenvalue weighted by molar-refractivity contribution is 7.10. The fraction of sp³-hybridized carbons (Fsp3) is 0.364. The molecule has 2 heterocycles. The average Bonchev–Trinajstić information content (AvgIpc) is 2.85. The van der Waals surface area contributed by atoms with Crippen molar-refractivity contribution in [2.24, 2.45) is 0 Å². The Labute approximate surface area is 98.6 Å². The SMILES string of the molecule is C[C@H](O)CNCc1cc(-n2ccnc2)cs1. The number of imidazole rings is 1. The largest absolute Gasteiger partial charge is 0.392 e. The highest BCUT2D eigenvalue weighted by atomic mass is 32.1. The summed E-state index contributed by atoms with van der Waals surface area (Å²) in [5.74, 6) is 0. The van der Waals surface area contributed by atoms with Crippen molar-refractivity contribution in [1.82, 2.24) is 14.9 Å². The summed E-state index contributed by atoms with van der Waals surface area (Å²) in [6, 6.07) is 2.13. The maximum Gasteiger partial charge on any atom is 0.0991 e. The van der Waals surface area contributed by atoms with E-state index < -0.39 is 0 Å². The van der Waals surface area contributed by atoms with Crippen LogP contribution in [0, 0.1) is 0 Å². The molecule has 0 radical (unpaired) electrons. The number of nitrogens with one attached hydrogen (secondary N) is 1. The molecular formula is C11H15N3OS. The zero-order valence-electron chi connectivity index (χ0n) is 9.13. The van der Waals surface area contributed by atoms with Crippen LogP contribution in [-0.2, 0) is 6.54 Å². The van der Waals surface area contributed by atoms with E-state index >= 15 is 0 Å². The van der Waals surface area contributed by atoms with Gasteiger partial charge in [-0.15, -0.1) is 11.3 Å². The Morgan fingerprint density at radius 1 is 1.62 bits per heavy atom. The van der Waals surface area contributed by atoms with Crippen LogP contribution < -0.4 is 5.32 Å². The van der Waals surface area contributed by atoms with E-state index in [1.807, 2.05) is 10.8 Å². The maximum atomic E-state index is 9.11. The van der Waals surface area contributed by atoms with E-state index in [0.717, 1.165) is 12.2 Å². The molecule has 2 rings (SSSR count). The quantitative estimate of drug-likeness (QED) is 0.826. The molecule has 2 N–H and O–H groups in total. The molecule has 2 aromatic heterocycles. The van der Waals surface area contributed by atoms with Crippen molar-refractivity contribution in [1.29, 1.82) is 0 Å². The van der Waals surface area contributed by atoms with E-state index in [-0.39, 0.29) is 6.10 Å². The Morgan fingerprint density at radius 3 is 3.19 bits per heavy atom. The van der Waals surface area contributed by atoms with E-state index in [1.165, 1.54) is 4.88 Å². The lowest BCUT2D eigenvalue weighted by atomic mass is 10.4. The van der Waals surface area contributed by atoms with E-state index in [9.17, 15) is 0 Å². The highest BCUT2D eigenvalue weighted by Crippen LogP contribution is 2.17. The van der Waals surface area contributed by atoms with Gasteiger partial charge in [0.05, 0.1) is 18.1 Å². The minimum Gasteiger partial charge on any atom is -0.392 e. The number of aromatic nitrogens is 2. The van der Waals surface area contributed by atoms with Gasteiger partial charge < -0.3 is 15.0 Å². The minimum atomic E-state index is -0.298. The molecule has 0 saturated carbocycles. The smallest absolute Gasteiger partial charge is 0.0991 e. The molecule has 0 unspecified atom stereocenters. The third-order valence-corrected chi connectivity index (χ3v) is 3.11. The topological polar surface area (TPSA) is 50.1 Å². The van der Waals surface area contributed by atoms with Gasteiger partial charge in [0.2, 0.25) is 0 Å². The molecule has 16 heavy (non-hydrogen) atoms. The van der Waals surface area contributed by atoms with Crippen LogP contribution in [0.2, 0.25) is 0 Å². The molecule has 0 saturated heterocycles. The zero-order valence-corrected chi connectivity index (χ0v) is 9.94. The molecule has 0 aliphatic rings. The van der Waals surface area contributed by atoms with Gasteiger partial charge in [-0.3, -0.25) is 0 Å². The Balaban J connectivity index is 1.93. The van der Waals surface area contributed by atoms with Crippen molar-refractivity contribution in [3.63, 3.8) is 0 Å². The summed E-state index contributed by atoms with van der Waals surface area (Å²) < 4.78 is 1.98. The predicted molar refractivity (Wildman–Crippen MR) is 64.8 cm³/mol. The van der Waals surface area contributed by atoms with E-state index in [0.29, 0.717) is 6.54 Å². The normalized spacial score (nSPS) is 12.9. The van der Waals surface area contributed by atoms with Gasteiger partial charge in [-0.25, -0.2) is 4.98 Å². The Hall–Kier alpha value is -1.17. The van der Waals surface area contributed by atoms with Crippen LogP contribution in [0.15, 0.2) is 30.2 Å². The number of aliphatic hydroxyl groups excluding tert-OH is 1. The zero-order chi connectivity index (χ0) is 11.4. The molecule has 0 aliphatic heterocycles. The molecule has 4 nitrogen and oxygen atoms in total. The van der Waals surface area contributed by atoms with Crippen molar-refractivity contribution in [3.8, 4) is 5.69 Å². The summed E-state index contributed by atoms with van der Waals surface area (Å²) in [5, 5.41) is 14.4. The first-order valence-electron chi connectivity index (χ1n) is 5.20. The molecule has 0 bridgehead atoms. The lowest BCUT2D eigenvalue weighted by Crippen LogP contribution is -2.23. The van der Waals surface area contributed by atoms with Crippen LogP contribution in [0.5, 0.6) is 0 Å². The van der Waals surface area contributed by atoms with Crippen LogP contribution in [0.1, 0.15) is 11.8 Å². The number of rotatable bonds is 5. The van der Waals surface area contributed by atoms with Gasteiger partial charge in [-0.1, -0.05) is 0 Å². The highest BCUT2D eigenvalue weighted by Gasteiger charge is 2.01. The van der Waals surface area contributed by atoms with E-state index in [1.54, 1.807) is 30.8 Å². The molecular weight excluding hydrogens is 222 g/mol. The summed E-state index contributed by atoms with van der Waals surface area (Å²) in [5.41, 5.74) is 1.14. The van der Waals surface area contributed by atoms with Gasteiger partial charge in [-0.05, 0) is 13.0 Å². The molecule has 0 aliphatic carbocycles. The minimum absolute atomic E-state index is 0.298. The fourth-order valence-corrected chi connectivity index (χ4v) is 2.25. The second-order valence-electron chi connectivity index (χ2n) is 3.72. The van der Waals surface area contributed by atoms with Crippen LogP contribution in [0.3, 0.4) is 0 Å². The molecule has 0 aromatic carbocycles. The van der Waals surface area contributed by atoms with Crippen molar-refractivity contribution in [3.05, 3.63) is 35.0 Å². The number of hydrogen-bond donors (Lipinski definition) is 2. The van der Waals surface area contributed by atoms with Crippen molar-refractivity contribution in [2.75, 3.05) is 6.54 Å². The Morgan fingerprint density at radius 2 is 2.50 bits per heavy atom. The molecule has 0 fully saturated rings. The Bertz CT molecular complexity index is 422. The van der Waals surface area contributed by atoms with E-state index in [2.05, 4.69) is 21.7 Å². The van der Waals surface area contributed by atoms with Crippen molar-refractivity contribution in [2.45, 2.75) is 19.6 Å². The molecule has 5 heteroatoms. The predicted octanol–water partition coefficient (Wildman–Crippen LogP) is 1.40. The maximum absolute atomic E-state index is 9.11. The second kappa shape index (κ2) is 5.25. The van der Waals surface area contributed by atoms with Crippen LogP contribution in [0.4, 0.5) is 0 Å². The van der Waals surface area contributed by atoms with E-state index in [4.69, 9.17) is 5.11 Å². The summed E-state index contributed by atoms with van der Waals surface area (Å²) in [6.07, 6.45) is 5.18. The number of aliphatic hydroxyl groups is 1. The molecule has 2 aromatic rings. The number of thiophene rings is 1. The summed E-state index contributed by atoms with van der Waals surface area (Å²) >= 11 is 1.71. The third-order valence-electron chi connectivity index (χ3n) is 2.18. The van der Waals surface area contributed by atoms with Crippen LogP contribution in [0.25, 0.3) is 5.69 Å². The first-order valence-corrected chi connectivity index (χ1v) is 6.08. The van der Waals surface area contributed by atoms with Gasteiger partial charge in [0.1, 0.15) is 0 Å². The summed E-state index contributed by atoms with van der Waals surface area (Å²) in [6.45, 7) is 3.20. The standard InChI is InChI=1S/C11H15N3OS/c1-9(15)5-13-6-11-4-10(7-16-11)14-3-2-12-8-14/h2-4,7-9,13,15H,5-6H2,1H3/t9-/m0/s1. The monoisotopic (exact) mass is 237 g/mol. The molecule has 86 valence electrons. The Kier molecular flexibility index (Phi) is 3.71. The van der Waals surface area contributed by atoms with Crippen LogP contribution in [-0.4, -0.2) is 27.3 Å². The summed E-state index contributed by atoms with van der Waals surface area (Å²) in [7, 11) is 0. The van der Waals surface area contributed by atoms with Crippen molar-refractivity contribution >= 4 is 11.3 Å². The lowest BCUT2D eigenvalue weighted by Gasteiger charge is -2.04. The fourth-order valence-electron chi connectivity index (χ4n) is 1.41. The average molecular weight is 237 g/mol. The van der Waals surface area contributed by atoms with Crippen LogP contribution >= 0.6 is 11.3 Å².